The van der Waals surface area contributed by atoms with Gasteiger partial charge in [-0.25, -0.2) is 0 Å². The van der Waals surface area contributed by atoms with Crippen LogP contribution in [0, 0.1) is 13.8 Å². The molecule has 0 saturated carbocycles. The van der Waals surface area contributed by atoms with E-state index in [-0.39, 0.29) is 33.8 Å². The fourth-order valence-corrected chi connectivity index (χ4v) is 14.3. The highest BCUT2D eigenvalue weighted by atomic mass is 16.3. The standard InChI is InChI=1S/C69H70BN3O/c1-42-32-60-63-61(33-42)73(57-39-52-50(34-43(57)2)66(6,7)30-31-67(52,8)9)59-40-53-51(68(10,11)41-69(53,12)13)38-56(59)70(63)55-29-28-46(71(44-22-16-14-17-23-44)45-24-18-15-19-25-45)37-58(55)72(60)47-35-49-48-26-20-21-27-62(48)74-64(49)54(36-47)65(3,4)5/h14-29,32-40H,30-31,41H2,1-13H3. The van der Waals surface area contributed by atoms with E-state index in [4.69, 9.17) is 4.42 Å². The van der Waals surface area contributed by atoms with Gasteiger partial charge in [-0.15, -0.1) is 0 Å². The van der Waals surface area contributed by atoms with Gasteiger partial charge in [0.15, 0.2) is 0 Å². The van der Waals surface area contributed by atoms with Crippen molar-refractivity contribution in [3.8, 4) is 0 Å². The molecule has 0 bridgehead atoms. The van der Waals surface area contributed by atoms with E-state index in [0.717, 1.165) is 57.5 Å². The number of hydrogen-bond acceptors (Lipinski definition) is 4. The van der Waals surface area contributed by atoms with E-state index in [0.29, 0.717) is 0 Å². The smallest absolute Gasteiger partial charge is 0.252 e. The Labute approximate surface area is 440 Å². The van der Waals surface area contributed by atoms with E-state index in [1.54, 1.807) is 0 Å². The molecule has 0 unspecified atom stereocenters. The van der Waals surface area contributed by atoms with E-state index in [9.17, 15) is 0 Å². The second kappa shape index (κ2) is 15.8. The topological polar surface area (TPSA) is 22.9 Å². The fourth-order valence-electron chi connectivity index (χ4n) is 14.3. The molecule has 5 heteroatoms. The lowest BCUT2D eigenvalue weighted by atomic mass is 9.33. The normalized spacial score (nSPS) is 17.4. The minimum Gasteiger partial charge on any atom is -0.456 e. The Morgan fingerprint density at radius 1 is 0.486 bits per heavy atom. The molecular formula is C69H70BN3O. The summed E-state index contributed by atoms with van der Waals surface area (Å²) in [6, 6.07) is 57.9. The molecular weight excluding hydrogens is 898 g/mol. The number of nitrogens with zero attached hydrogens (tertiary/aromatic N) is 3. The fraction of sp³-hybridized carbons (Fsp3) is 0.304. The van der Waals surface area contributed by atoms with Crippen LogP contribution in [0.4, 0.5) is 51.2 Å². The van der Waals surface area contributed by atoms with Crippen molar-refractivity contribution in [2.75, 3.05) is 14.7 Å². The SMILES string of the molecule is Cc1cc2c3c(c1)N(c1cc4c(cc1C)C(C)(C)CCC4(C)C)c1cc4c(cc1B3c1ccc(N(c3ccccc3)c3ccccc3)cc1N2c1cc(C(C)(C)C)c2oc3ccccc3c2c1)C(C)(C)CC4(C)C. The molecule has 370 valence electrons. The predicted molar refractivity (Wildman–Crippen MR) is 317 cm³/mol. The monoisotopic (exact) mass is 968 g/mol. The first kappa shape index (κ1) is 46.8. The zero-order valence-electron chi connectivity index (χ0n) is 45.9. The summed E-state index contributed by atoms with van der Waals surface area (Å²) in [7, 11) is 0. The summed E-state index contributed by atoms with van der Waals surface area (Å²) < 4.78 is 6.84. The summed E-state index contributed by atoms with van der Waals surface area (Å²) in [5.41, 5.74) is 26.3. The van der Waals surface area contributed by atoms with Gasteiger partial charge in [-0.3, -0.25) is 0 Å². The Morgan fingerprint density at radius 2 is 1.04 bits per heavy atom. The van der Waals surface area contributed by atoms with Gasteiger partial charge in [0.05, 0.1) is 0 Å². The molecule has 74 heavy (non-hydrogen) atoms. The van der Waals surface area contributed by atoms with Crippen molar-refractivity contribution < 1.29 is 4.42 Å². The Hall–Kier alpha value is -6.98. The maximum atomic E-state index is 6.84. The van der Waals surface area contributed by atoms with Crippen LogP contribution in [0.3, 0.4) is 0 Å². The first-order chi connectivity index (χ1) is 35.1. The van der Waals surface area contributed by atoms with Gasteiger partial charge in [0.2, 0.25) is 0 Å². The van der Waals surface area contributed by atoms with Crippen molar-refractivity contribution in [3.63, 3.8) is 0 Å². The molecule has 0 atom stereocenters. The summed E-state index contributed by atoms with van der Waals surface area (Å²) in [5.74, 6) is 0. The Kier molecular flexibility index (Phi) is 9.97. The number of para-hydroxylation sites is 3. The minimum absolute atomic E-state index is 0.0117. The zero-order chi connectivity index (χ0) is 51.6. The number of benzene rings is 8. The van der Waals surface area contributed by atoms with Gasteiger partial charge >= 0.3 is 0 Å². The molecule has 2 aliphatic heterocycles. The van der Waals surface area contributed by atoms with Crippen LogP contribution in [0.2, 0.25) is 0 Å². The molecule has 2 aliphatic carbocycles. The van der Waals surface area contributed by atoms with Crippen molar-refractivity contribution in [2.45, 2.75) is 136 Å². The van der Waals surface area contributed by atoms with Gasteiger partial charge in [0.25, 0.3) is 6.71 Å². The predicted octanol–water partition coefficient (Wildman–Crippen LogP) is 17.4. The van der Waals surface area contributed by atoms with Crippen LogP contribution >= 0.6 is 0 Å². The molecule has 13 rings (SSSR count). The summed E-state index contributed by atoms with van der Waals surface area (Å²) in [5, 5.41) is 2.28. The molecule has 0 fully saturated rings. The highest BCUT2D eigenvalue weighted by Crippen LogP contribution is 2.55. The van der Waals surface area contributed by atoms with E-state index < -0.39 is 0 Å². The molecule has 0 amide bonds. The van der Waals surface area contributed by atoms with Crippen molar-refractivity contribution in [1.82, 2.24) is 0 Å². The lowest BCUT2D eigenvalue weighted by molar-refractivity contribution is 0.332. The Bertz CT molecular complexity index is 3750. The van der Waals surface area contributed by atoms with Crippen LogP contribution in [0.15, 0.2) is 156 Å². The van der Waals surface area contributed by atoms with E-state index in [2.05, 4.69) is 256 Å². The van der Waals surface area contributed by atoms with Crippen molar-refractivity contribution >= 4 is 96.2 Å². The van der Waals surface area contributed by atoms with Gasteiger partial charge < -0.3 is 19.1 Å². The van der Waals surface area contributed by atoms with Gasteiger partial charge in [-0.1, -0.05) is 149 Å². The molecule has 8 aromatic carbocycles. The molecule has 9 aromatic rings. The first-order valence-corrected chi connectivity index (χ1v) is 27.2. The van der Waals surface area contributed by atoms with Gasteiger partial charge in [0.1, 0.15) is 11.2 Å². The number of furan rings is 1. The van der Waals surface area contributed by atoms with Crippen molar-refractivity contribution in [3.05, 3.63) is 191 Å². The van der Waals surface area contributed by atoms with Gasteiger partial charge in [-0.05, 0) is 189 Å². The Balaban J connectivity index is 1.16. The molecule has 3 heterocycles. The van der Waals surface area contributed by atoms with E-state index in [1.165, 1.54) is 90.2 Å². The van der Waals surface area contributed by atoms with Crippen LogP contribution in [0.25, 0.3) is 21.9 Å². The molecule has 0 N–H and O–H groups in total. The summed E-state index contributed by atoms with van der Waals surface area (Å²) >= 11 is 0. The Morgan fingerprint density at radius 3 is 1.69 bits per heavy atom. The lowest BCUT2D eigenvalue weighted by Crippen LogP contribution is -2.61. The van der Waals surface area contributed by atoms with Crippen LogP contribution in [0.1, 0.15) is 134 Å². The second-order valence-electron chi connectivity index (χ2n) is 26.1. The number of anilines is 9. The molecule has 4 aliphatic rings. The molecule has 0 saturated heterocycles. The van der Waals surface area contributed by atoms with Crippen molar-refractivity contribution in [2.24, 2.45) is 0 Å². The quantitative estimate of drug-likeness (QED) is 0.160. The second-order valence-corrected chi connectivity index (χ2v) is 26.1. The highest BCUT2D eigenvalue weighted by molar-refractivity contribution is 7.00. The first-order valence-electron chi connectivity index (χ1n) is 27.2. The third kappa shape index (κ3) is 6.94. The average molecular weight is 968 g/mol. The maximum absolute atomic E-state index is 6.84. The minimum atomic E-state index is -0.211. The number of rotatable bonds is 5. The number of aryl methyl sites for hydroxylation is 2. The average Bonchev–Trinajstić information content (AvgIpc) is 3.82. The molecule has 0 spiro atoms. The summed E-state index contributed by atoms with van der Waals surface area (Å²) in [4.78, 5) is 7.75. The van der Waals surface area contributed by atoms with Crippen LogP contribution < -0.4 is 31.1 Å². The highest BCUT2D eigenvalue weighted by Gasteiger charge is 2.49. The number of fused-ring (bicyclic) bond motifs is 9. The van der Waals surface area contributed by atoms with E-state index >= 15 is 0 Å². The largest absolute Gasteiger partial charge is 0.456 e. The molecule has 1 aromatic heterocycles. The van der Waals surface area contributed by atoms with Crippen LogP contribution in [-0.2, 0) is 27.1 Å². The van der Waals surface area contributed by atoms with Crippen molar-refractivity contribution in [1.29, 1.82) is 0 Å². The molecule has 0 radical (unpaired) electrons. The number of hydrogen-bond donors (Lipinski definition) is 0. The third-order valence-corrected chi connectivity index (χ3v) is 17.9. The summed E-state index contributed by atoms with van der Waals surface area (Å²) in [6.45, 7) is 31.3. The zero-order valence-corrected chi connectivity index (χ0v) is 45.9. The van der Waals surface area contributed by atoms with Gasteiger partial charge in [-0.2, -0.15) is 0 Å². The third-order valence-electron chi connectivity index (χ3n) is 17.9. The van der Waals surface area contributed by atoms with Gasteiger partial charge in [0, 0.05) is 67.5 Å². The van der Waals surface area contributed by atoms with E-state index in [1.807, 2.05) is 0 Å². The van der Waals surface area contributed by atoms with Crippen LogP contribution in [0.5, 0.6) is 0 Å². The lowest BCUT2D eigenvalue weighted by Gasteiger charge is -2.47. The maximum Gasteiger partial charge on any atom is 0.252 e. The molecule has 4 nitrogen and oxygen atoms in total. The summed E-state index contributed by atoms with van der Waals surface area (Å²) in [6.07, 6.45) is 3.45. The van der Waals surface area contributed by atoms with Crippen LogP contribution in [-0.4, -0.2) is 6.71 Å².